The molecule has 0 unspecified atom stereocenters. The van der Waals surface area contributed by atoms with Crippen LogP contribution in [0.25, 0.3) is 0 Å². The molecule has 0 aliphatic rings. The summed E-state index contributed by atoms with van der Waals surface area (Å²) in [6, 6.07) is 0. The summed E-state index contributed by atoms with van der Waals surface area (Å²) >= 11 is 0. The third kappa shape index (κ3) is 31.3. The summed E-state index contributed by atoms with van der Waals surface area (Å²) in [6.07, 6.45) is -4.88. The van der Waals surface area contributed by atoms with Crippen LogP contribution in [0.4, 0.5) is 0 Å². The van der Waals surface area contributed by atoms with Crippen molar-refractivity contribution in [2.24, 2.45) is 22.9 Å². The standard InChI is InChI=1S/C4H6O6.2CH5N3.H2O/c5-1(3(7)8)2(6)4(9)10;2*2-1(3)4;/h1-2,5-6H,(H,7,8)(H,9,10);2*(H5,2,3,4);1H2/t1-,2-;;;/m1.../s1. The number of carboxylic acids is 2. The van der Waals surface area contributed by atoms with E-state index in [1.165, 1.54) is 0 Å². The first kappa shape index (κ1) is 25.3. The Bertz CT molecular complexity index is 270. The van der Waals surface area contributed by atoms with Crippen molar-refractivity contribution in [2.45, 2.75) is 12.2 Å². The Hall–Kier alpha value is -2.64. The van der Waals surface area contributed by atoms with Gasteiger partial charge in [0.2, 0.25) is 0 Å². The average Bonchev–Trinajstić information content (AvgIpc) is 2.13. The first-order valence-electron chi connectivity index (χ1n) is 3.98. The zero-order valence-corrected chi connectivity index (χ0v) is 9.65. The van der Waals surface area contributed by atoms with Crippen LogP contribution in [0.15, 0.2) is 0 Å². The Kier molecular flexibility index (Phi) is 17.9. The van der Waals surface area contributed by atoms with Crippen molar-refractivity contribution < 1.29 is 46.3 Å². The highest BCUT2D eigenvalue weighted by molar-refractivity contribution is 5.80. The second kappa shape index (κ2) is 13.4. The first-order valence-corrected chi connectivity index (χ1v) is 3.98. The molecule has 13 heteroatoms. The van der Waals surface area contributed by atoms with Gasteiger partial charge in [0.05, 0.1) is 11.9 Å². The number of carbonyl (C=O) groups excluding carboxylic acids is 2. The van der Waals surface area contributed by atoms with Crippen LogP contribution in [0.1, 0.15) is 0 Å². The summed E-state index contributed by atoms with van der Waals surface area (Å²) < 4.78 is 0. The van der Waals surface area contributed by atoms with E-state index in [1.54, 1.807) is 0 Å². The molecule has 0 saturated heterocycles. The molecule has 0 aliphatic carbocycles. The number of hydrogen-bond acceptors (Lipinski definition) is 6. The molecule has 0 amide bonds. The lowest BCUT2D eigenvalue weighted by molar-refractivity contribution is -0.333. The molecule has 0 spiro atoms. The molecule has 16 N–H and O–H groups in total. The third-order valence-corrected chi connectivity index (χ3v) is 0.782. The predicted octanol–water partition coefficient (Wildman–Crippen LogP) is -11.6. The molecule has 0 aromatic rings. The highest BCUT2D eigenvalue weighted by atomic mass is 16.4. The van der Waals surface area contributed by atoms with Crippen LogP contribution in [-0.2, 0) is 9.59 Å². The minimum Gasteiger partial charge on any atom is -0.547 e. The third-order valence-electron chi connectivity index (χ3n) is 0.782. The van der Waals surface area contributed by atoms with Gasteiger partial charge in [-0.15, -0.1) is 0 Å². The molecule has 0 radical (unpaired) electrons. The Morgan fingerprint density at radius 1 is 0.842 bits per heavy atom. The van der Waals surface area contributed by atoms with Gasteiger partial charge in [-0.1, -0.05) is 0 Å². The molecule has 0 aliphatic heterocycles. The highest BCUT2D eigenvalue weighted by Crippen LogP contribution is 1.88. The maximum atomic E-state index is 9.63. The number of carbonyl (C=O) groups is 2. The van der Waals surface area contributed by atoms with E-state index in [0.29, 0.717) is 0 Å². The lowest BCUT2D eigenvalue weighted by Gasteiger charge is -2.18. The summed E-state index contributed by atoms with van der Waals surface area (Å²) in [5.74, 6) is -4.28. The smallest absolute Gasteiger partial charge is 0.336 e. The maximum Gasteiger partial charge on any atom is 0.336 e. The van der Waals surface area contributed by atoms with E-state index < -0.39 is 24.1 Å². The van der Waals surface area contributed by atoms with E-state index in [2.05, 4.69) is 33.8 Å². The van der Waals surface area contributed by atoms with Gasteiger partial charge >= 0.3 is 11.9 Å². The fraction of sp³-hybridized carbons (Fsp3) is 0.333. The molecule has 13 nitrogen and oxygen atoms in total. The van der Waals surface area contributed by atoms with Crippen LogP contribution in [0.3, 0.4) is 0 Å². The van der Waals surface area contributed by atoms with Crippen LogP contribution in [0.5, 0.6) is 0 Å². The minimum absolute atomic E-state index is 0. The number of nitrogens with two attached hydrogens (primary N) is 6. The fourth-order valence-electron chi connectivity index (χ4n) is 0.258. The Labute approximate surface area is 106 Å². The normalized spacial score (nSPS) is 10.8. The number of guanidine groups is 2. The molecule has 0 bridgehead atoms. The van der Waals surface area contributed by atoms with Gasteiger partial charge in [0.15, 0.2) is 0 Å². The number of carboxylic acid groups (broad SMARTS) is 2. The zero-order chi connectivity index (χ0) is 15.5. The quantitative estimate of drug-likeness (QED) is 0.178. The van der Waals surface area contributed by atoms with Gasteiger partial charge in [-0.05, 0) is 0 Å². The Balaban J connectivity index is -0.000000105. The Morgan fingerprint density at radius 2 is 0.947 bits per heavy atom. The van der Waals surface area contributed by atoms with E-state index >= 15 is 0 Å². The van der Waals surface area contributed by atoms with E-state index in [1.807, 2.05) is 0 Å². The molecule has 0 saturated carbocycles. The molecule has 0 aromatic carbocycles. The fourth-order valence-corrected chi connectivity index (χ4v) is 0.258. The van der Waals surface area contributed by atoms with Crippen molar-refractivity contribution in [3.63, 3.8) is 0 Å². The van der Waals surface area contributed by atoms with E-state index in [4.69, 9.17) is 10.2 Å². The monoisotopic (exact) mass is 286 g/mol. The van der Waals surface area contributed by atoms with Crippen molar-refractivity contribution in [3.8, 4) is 0 Å². The molecule has 0 fully saturated rings. The number of aliphatic carboxylic acids is 2. The van der Waals surface area contributed by atoms with Crippen molar-refractivity contribution in [3.05, 3.63) is 0 Å². The lowest BCUT2D eigenvalue weighted by atomic mass is 10.2. The molecule has 114 valence electrons. The van der Waals surface area contributed by atoms with Crippen molar-refractivity contribution >= 4 is 23.9 Å². The summed E-state index contributed by atoms with van der Waals surface area (Å²) in [5.41, 5.74) is 18.3. The van der Waals surface area contributed by atoms with Crippen LogP contribution in [0.2, 0.25) is 0 Å². The van der Waals surface area contributed by atoms with Gasteiger partial charge in [-0.25, -0.2) is 0 Å². The number of aliphatic hydroxyl groups is 2. The second-order valence-electron chi connectivity index (χ2n) is 2.53. The lowest BCUT2D eigenvalue weighted by Crippen LogP contribution is -2.51. The topological polar surface area (TPSA) is 307 Å². The highest BCUT2D eigenvalue weighted by Gasteiger charge is 2.17. The van der Waals surface area contributed by atoms with Gasteiger partial charge in [0.25, 0.3) is 0 Å². The van der Waals surface area contributed by atoms with Crippen molar-refractivity contribution in [1.29, 1.82) is 0 Å². The molecule has 2 atom stereocenters. The summed E-state index contributed by atoms with van der Waals surface area (Å²) in [6.45, 7) is 0. The molecule has 19 heavy (non-hydrogen) atoms. The predicted molar refractivity (Wildman–Crippen MR) is 56.3 cm³/mol. The number of aliphatic hydroxyl groups excluding tert-OH is 2. The maximum absolute atomic E-state index is 9.63. The van der Waals surface area contributed by atoms with Crippen LogP contribution < -0.4 is 44.0 Å². The molecule has 0 aromatic heterocycles. The number of hydrogen-bond donors (Lipinski definition) is 8. The van der Waals surface area contributed by atoms with E-state index in [0.717, 1.165) is 0 Å². The first-order chi connectivity index (χ1) is 7.93. The summed E-state index contributed by atoms with van der Waals surface area (Å²) in [5, 5.41) is 44.9. The van der Waals surface area contributed by atoms with Crippen molar-refractivity contribution in [1.82, 2.24) is 0 Å². The van der Waals surface area contributed by atoms with Crippen LogP contribution in [0, 0.1) is 0 Å². The Morgan fingerprint density at radius 3 is 1.00 bits per heavy atom. The second-order valence-corrected chi connectivity index (χ2v) is 2.53. The van der Waals surface area contributed by atoms with Gasteiger partial charge in [0, 0.05) is 0 Å². The summed E-state index contributed by atoms with van der Waals surface area (Å²) in [4.78, 5) is 19.3. The van der Waals surface area contributed by atoms with Gasteiger partial charge in [-0.2, -0.15) is 0 Å². The molecule has 0 heterocycles. The molecular formula is C6H18N6O7. The van der Waals surface area contributed by atoms with E-state index in [9.17, 15) is 19.8 Å². The minimum atomic E-state index is -2.44. The van der Waals surface area contributed by atoms with Gasteiger partial charge in [-0.3, -0.25) is 33.8 Å². The summed E-state index contributed by atoms with van der Waals surface area (Å²) in [7, 11) is 0. The van der Waals surface area contributed by atoms with Crippen molar-refractivity contribution in [2.75, 3.05) is 0 Å². The number of rotatable bonds is 3. The largest absolute Gasteiger partial charge is 0.547 e. The van der Waals surface area contributed by atoms with Crippen LogP contribution in [-0.4, -0.2) is 51.8 Å². The van der Waals surface area contributed by atoms with Gasteiger partial charge < -0.3 is 35.5 Å². The average molecular weight is 286 g/mol. The SMILES string of the molecule is NC(N)=[NH2+].NC(N)=[NH2+].O.O=C([O-])[C@H](O)[C@@H](O)C(=O)[O-]. The van der Waals surface area contributed by atoms with Gasteiger partial charge in [0.1, 0.15) is 12.2 Å². The van der Waals surface area contributed by atoms with Crippen LogP contribution >= 0.6 is 0 Å². The zero-order valence-electron chi connectivity index (χ0n) is 9.65. The van der Waals surface area contributed by atoms with E-state index in [-0.39, 0.29) is 17.4 Å². The molecular weight excluding hydrogens is 268 g/mol. The molecule has 0 rings (SSSR count).